The van der Waals surface area contributed by atoms with Crippen LogP contribution in [0.4, 0.5) is 0 Å². The van der Waals surface area contributed by atoms with Gasteiger partial charge >= 0.3 is 0 Å². The van der Waals surface area contributed by atoms with E-state index in [1.807, 2.05) is 0 Å². The molecule has 0 aromatic carbocycles. The molecule has 1 heterocycles. The van der Waals surface area contributed by atoms with Crippen LogP contribution in [0.25, 0.3) is 0 Å². The second-order valence-electron chi connectivity index (χ2n) is 1.34. The van der Waals surface area contributed by atoms with Crippen molar-refractivity contribution in [2.45, 2.75) is 0 Å². The van der Waals surface area contributed by atoms with Crippen LogP contribution in [0, 0.1) is 0 Å². The third-order valence-electron chi connectivity index (χ3n) is 0.728. The molecule has 0 aliphatic heterocycles. The Kier molecular flexibility index (Phi) is 1.85. The van der Waals surface area contributed by atoms with Crippen molar-refractivity contribution < 1.29 is 14.1 Å². The van der Waals surface area contributed by atoms with Gasteiger partial charge in [0.05, 0.1) is 0 Å². The summed E-state index contributed by atoms with van der Waals surface area (Å²) in [5.41, 5.74) is 0. The second-order valence-corrected chi connectivity index (χ2v) is 1.34. The topological polar surface area (TPSA) is 52.3 Å². The number of aldehydes is 1. The molecule has 9 heavy (non-hydrogen) atoms. The predicted octanol–water partition coefficient (Wildman–Crippen LogP) is 0.252. The summed E-state index contributed by atoms with van der Waals surface area (Å²) < 4.78 is 9.19. The molecule has 0 radical (unpaired) electrons. The molecule has 0 unspecified atom stereocenters. The van der Waals surface area contributed by atoms with Crippen molar-refractivity contribution in [1.82, 2.24) is 5.16 Å². The van der Waals surface area contributed by atoms with Crippen molar-refractivity contribution in [2.75, 3.05) is 6.61 Å². The van der Waals surface area contributed by atoms with Crippen LogP contribution in [0.5, 0.6) is 5.75 Å². The first-order valence-electron chi connectivity index (χ1n) is 2.39. The second kappa shape index (κ2) is 2.86. The number of ether oxygens (including phenoxy) is 1. The zero-order valence-electron chi connectivity index (χ0n) is 4.61. The predicted molar refractivity (Wildman–Crippen MR) is 28.1 cm³/mol. The van der Waals surface area contributed by atoms with Crippen LogP contribution in [-0.4, -0.2) is 18.0 Å². The van der Waals surface area contributed by atoms with Gasteiger partial charge in [-0.25, -0.2) is 0 Å². The normalized spacial score (nSPS) is 8.89. The largest absolute Gasteiger partial charge is 0.481 e. The van der Waals surface area contributed by atoms with Gasteiger partial charge in [-0.05, 0) is 0 Å². The van der Waals surface area contributed by atoms with E-state index in [9.17, 15) is 4.79 Å². The van der Waals surface area contributed by atoms with E-state index in [0.717, 1.165) is 0 Å². The molecule has 1 aromatic rings. The van der Waals surface area contributed by atoms with E-state index in [-0.39, 0.29) is 6.61 Å². The Morgan fingerprint density at radius 2 is 2.78 bits per heavy atom. The van der Waals surface area contributed by atoms with E-state index in [0.29, 0.717) is 12.0 Å². The van der Waals surface area contributed by atoms with Gasteiger partial charge in [-0.1, -0.05) is 5.16 Å². The van der Waals surface area contributed by atoms with Gasteiger partial charge in [0, 0.05) is 0 Å². The molecule has 4 heteroatoms. The zero-order chi connectivity index (χ0) is 6.53. The van der Waals surface area contributed by atoms with E-state index in [1.54, 1.807) is 0 Å². The monoisotopic (exact) mass is 127 g/mol. The molecule has 4 nitrogen and oxygen atoms in total. The van der Waals surface area contributed by atoms with Gasteiger partial charge in [0.25, 0.3) is 0 Å². The van der Waals surface area contributed by atoms with Gasteiger partial charge in [0.2, 0.25) is 0 Å². The molecule has 0 saturated carbocycles. The number of carbonyl (C=O) groups is 1. The summed E-state index contributed by atoms with van der Waals surface area (Å²) in [6.07, 6.45) is 3.37. The molecule has 0 fully saturated rings. The van der Waals surface area contributed by atoms with Gasteiger partial charge in [0.1, 0.15) is 12.8 Å². The average molecular weight is 127 g/mol. The number of carbonyl (C=O) groups excluding carboxylic acids is 1. The highest BCUT2D eigenvalue weighted by atomic mass is 16.5. The molecular formula is C5H5NO3. The maximum Gasteiger partial charge on any atom is 0.179 e. The van der Waals surface area contributed by atoms with Gasteiger partial charge in [-0.15, -0.1) is 0 Å². The summed E-state index contributed by atoms with van der Waals surface area (Å²) in [5.74, 6) is 0.474. The van der Waals surface area contributed by atoms with E-state index < -0.39 is 0 Å². The standard InChI is InChI=1S/C5H5NO3/c7-1-2-8-5-3-6-9-4-5/h1,3-4H,2H2. The number of aromatic nitrogens is 1. The Hall–Kier alpha value is -1.32. The third-order valence-corrected chi connectivity index (χ3v) is 0.728. The van der Waals surface area contributed by atoms with Crippen molar-refractivity contribution in [1.29, 1.82) is 0 Å². The van der Waals surface area contributed by atoms with Gasteiger partial charge in [-0.3, -0.25) is 4.79 Å². The van der Waals surface area contributed by atoms with Crippen molar-refractivity contribution in [3.63, 3.8) is 0 Å². The van der Waals surface area contributed by atoms with Crippen LogP contribution >= 0.6 is 0 Å². The molecule has 48 valence electrons. The van der Waals surface area contributed by atoms with E-state index >= 15 is 0 Å². The molecule has 1 rings (SSSR count). The molecule has 0 amide bonds. The molecule has 1 aromatic heterocycles. The maximum atomic E-state index is 9.72. The summed E-state index contributed by atoms with van der Waals surface area (Å²) in [5, 5.41) is 3.36. The van der Waals surface area contributed by atoms with Gasteiger partial charge in [-0.2, -0.15) is 0 Å². The van der Waals surface area contributed by atoms with Crippen LogP contribution in [0.15, 0.2) is 17.0 Å². The van der Waals surface area contributed by atoms with Gasteiger partial charge in [0.15, 0.2) is 18.3 Å². The fraction of sp³-hybridized carbons (Fsp3) is 0.200. The molecular weight excluding hydrogens is 122 g/mol. The Balaban J connectivity index is 2.38. The fourth-order valence-corrected chi connectivity index (χ4v) is 0.397. The smallest absolute Gasteiger partial charge is 0.179 e. The minimum atomic E-state index is 0.0429. The minimum Gasteiger partial charge on any atom is -0.481 e. The first kappa shape index (κ1) is 5.81. The van der Waals surface area contributed by atoms with E-state index in [1.165, 1.54) is 12.5 Å². The van der Waals surface area contributed by atoms with Crippen molar-refractivity contribution >= 4 is 6.29 Å². The minimum absolute atomic E-state index is 0.0429. The third kappa shape index (κ3) is 1.56. The molecule has 0 aliphatic rings. The van der Waals surface area contributed by atoms with Crippen molar-refractivity contribution in [2.24, 2.45) is 0 Å². The van der Waals surface area contributed by atoms with Crippen molar-refractivity contribution in [3.8, 4) is 5.75 Å². The Bertz CT molecular complexity index is 170. The SMILES string of the molecule is O=CCOc1cnoc1. The van der Waals surface area contributed by atoms with Crippen LogP contribution in [-0.2, 0) is 4.79 Å². The highest BCUT2D eigenvalue weighted by Crippen LogP contribution is 2.05. The highest BCUT2D eigenvalue weighted by Gasteiger charge is 1.91. The molecule has 0 N–H and O–H groups in total. The van der Waals surface area contributed by atoms with Crippen LogP contribution in [0.3, 0.4) is 0 Å². The molecule has 0 aliphatic carbocycles. The van der Waals surface area contributed by atoms with Crippen LogP contribution in [0.2, 0.25) is 0 Å². The van der Waals surface area contributed by atoms with Crippen LogP contribution in [0.1, 0.15) is 0 Å². The zero-order valence-corrected chi connectivity index (χ0v) is 4.61. The molecule has 0 saturated heterocycles. The number of nitrogens with zero attached hydrogens (tertiary/aromatic N) is 1. The van der Waals surface area contributed by atoms with E-state index in [2.05, 4.69) is 9.68 Å². The Morgan fingerprint density at radius 3 is 3.33 bits per heavy atom. The number of hydrogen-bond acceptors (Lipinski definition) is 4. The molecule has 0 spiro atoms. The Labute approximate surface area is 51.4 Å². The lowest BCUT2D eigenvalue weighted by molar-refractivity contribution is -0.109. The quantitative estimate of drug-likeness (QED) is 0.546. The number of hydrogen-bond donors (Lipinski definition) is 0. The average Bonchev–Trinajstić information content (AvgIpc) is 2.34. The summed E-state index contributed by atoms with van der Waals surface area (Å²) in [6, 6.07) is 0. The summed E-state index contributed by atoms with van der Waals surface area (Å²) in [7, 11) is 0. The van der Waals surface area contributed by atoms with Crippen LogP contribution < -0.4 is 4.74 Å². The van der Waals surface area contributed by atoms with E-state index in [4.69, 9.17) is 4.74 Å². The lowest BCUT2D eigenvalue weighted by atomic mass is 10.6. The van der Waals surface area contributed by atoms with Gasteiger partial charge < -0.3 is 9.26 Å². The number of rotatable bonds is 3. The molecule has 0 atom stereocenters. The fourth-order valence-electron chi connectivity index (χ4n) is 0.397. The summed E-state index contributed by atoms with van der Waals surface area (Å²) >= 11 is 0. The van der Waals surface area contributed by atoms with Crippen molar-refractivity contribution in [3.05, 3.63) is 12.5 Å². The first-order chi connectivity index (χ1) is 4.43. The molecule has 0 bridgehead atoms. The first-order valence-corrected chi connectivity index (χ1v) is 2.39. The summed E-state index contributed by atoms with van der Waals surface area (Å²) in [6.45, 7) is 0.0429. The Morgan fingerprint density at radius 1 is 1.89 bits per heavy atom. The maximum absolute atomic E-state index is 9.72. The summed E-state index contributed by atoms with van der Waals surface area (Å²) in [4.78, 5) is 9.72. The lowest BCUT2D eigenvalue weighted by Crippen LogP contribution is -1.95. The lowest BCUT2D eigenvalue weighted by Gasteiger charge is -1.91. The highest BCUT2D eigenvalue weighted by molar-refractivity contribution is 5.51.